The molecule has 175 valence electrons. The molecule has 5 rings (SSSR count). The summed E-state index contributed by atoms with van der Waals surface area (Å²) in [6.07, 6.45) is 2.45. The first-order valence-corrected chi connectivity index (χ1v) is 11.0. The normalized spacial score (nSPS) is 13.7. The van der Waals surface area contributed by atoms with Crippen LogP contribution in [0.5, 0.6) is 17.2 Å². The molecule has 35 heavy (non-hydrogen) atoms. The Kier molecular flexibility index (Phi) is 5.78. The summed E-state index contributed by atoms with van der Waals surface area (Å²) in [4.78, 5) is 29.9. The van der Waals surface area contributed by atoms with Crippen LogP contribution in [0.1, 0.15) is 12.8 Å². The number of aromatic nitrogens is 1. The molecule has 7 nitrogen and oxygen atoms in total. The number of hydrogen-bond donors (Lipinski definition) is 2. The lowest BCUT2D eigenvalue weighted by atomic mass is 10.0. The number of halogens is 1. The number of nitrogens with one attached hydrogen (secondary N) is 2. The molecule has 0 atom stereocenters. The third-order valence-electron chi connectivity index (χ3n) is 5.91. The van der Waals surface area contributed by atoms with Crippen LogP contribution in [0.25, 0.3) is 10.9 Å². The zero-order valence-corrected chi connectivity index (χ0v) is 18.8. The summed E-state index contributed by atoms with van der Waals surface area (Å²) in [5, 5.41) is 6.08. The van der Waals surface area contributed by atoms with Gasteiger partial charge in [-0.25, -0.2) is 4.39 Å². The van der Waals surface area contributed by atoms with Gasteiger partial charge in [-0.3, -0.25) is 14.6 Å². The van der Waals surface area contributed by atoms with Gasteiger partial charge in [0.15, 0.2) is 0 Å². The molecule has 4 aromatic rings. The van der Waals surface area contributed by atoms with Crippen LogP contribution in [0.4, 0.5) is 15.8 Å². The molecule has 1 saturated carbocycles. The molecule has 3 aromatic carbocycles. The second kappa shape index (κ2) is 9.06. The van der Waals surface area contributed by atoms with E-state index in [0.717, 1.165) is 10.9 Å². The van der Waals surface area contributed by atoms with Crippen LogP contribution < -0.4 is 20.1 Å². The minimum Gasteiger partial charge on any atom is -0.496 e. The van der Waals surface area contributed by atoms with E-state index in [4.69, 9.17) is 9.47 Å². The Morgan fingerprint density at radius 1 is 1.03 bits per heavy atom. The van der Waals surface area contributed by atoms with E-state index in [2.05, 4.69) is 21.7 Å². The molecule has 0 aliphatic heterocycles. The van der Waals surface area contributed by atoms with Gasteiger partial charge in [0, 0.05) is 23.3 Å². The molecule has 1 aliphatic carbocycles. The average molecular weight is 470 g/mol. The highest BCUT2D eigenvalue weighted by Crippen LogP contribution is 2.47. The Labute approximate surface area is 200 Å². The van der Waals surface area contributed by atoms with E-state index in [1.807, 2.05) is 0 Å². The molecular weight excluding hydrogens is 449 g/mol. The first kappa shape index (κ1) is 22.3. The van der Waals surface area contributed by atoms with Gasteiger partial charge >= 0.3 is 0 Å². The maximum absolute atomic E-state index is 13.9. The van der Waals surface area contributed by atoms with Crippen molar-refractivity contribution < 1.29 is 23.5 Å². The first-order valence-electron chi connectivity index (χ1n) is 11.0. The fourth-order valence-electron chi connectivity index (χ4n) is 3.72. The lowest BCUT2D eigenvalue weighted by Gasteiger charge is -2.16. The van der Waals surface area contributed by atoms with Crippen LogP contribution in [-0.2, 0) is 9.59 Å². The van der Waals surface area contributed by atoms with E-state index in [9.17, 15) is 14.0 Å². The number of rotatable bonds is 7. The highest BCUT2D eigenvalue weighted by Gasteiger charge is 2.56. The van der Waals surface area contributed by atoms with Crippen molar-refractivity contribution in [2.45, 2.75) is 12.8 Å². The van der Waals surface area contributed by atoms with Crippen LogP contribution in [0.15, 0.2) is 72.9 Å². The summed E-state index contributed by atoms with van der Waals surface area (Å²) < 4.78 is 25.2. The number of anilines is 2. The molecule has 8 heteroatoms. The molecule has 2 amide bonds. The van der Waals surface area contributed by atoms with Gasteiger partial charge in [0.25, 0.3) is 0 Å². The highest BCUT2D eigenvalue weighted by atomic mass is 19.1. The third kappa shape index (κ3) is 4.50. The number of para-hydroxylation sites is 1. The van der Waals surface area contributed by atoms with Crippen molar-refractivity contribution in [2.75, 3.05) is 17.7 Å². The summed E-state index contributed by atoms with van der Waals surface area (Å²) in [5.41, 5.74) is 0.0831. The summed E-state index contributed by atoms with van der Waals surface area (Å²) in [6.45, 7) is 0. The number of hydrogen-bond acceptors (Lipinski definition) is 5. The Hall–Kier alpha value is -4.46. The molecule has 0 saturated heterocycles. The van der Waals surface area contributed by atoms with Gasteiger partial charge in [-0.15, -0.1) is 0 Å². The van der Waals surface area contributed by atoms with Gasteiger partial charge in [0.2, 0.25) is 11.8 Å². The second-order valence-corrected chi connectivity index (χ2v) is 8.21. The minimum atomic E-state index is -1.20. The van der Waals surface area contributed by atoms with Gasteiger partial charge in [-0.1, -0.05) is 12.1 Å². The smallest absolute Gasteiger partial charge is 0.240 e. The van der Waals surface area contributed by atoms with Crippen molar-refractivity contribution in [3.8, 4) is 17.2 Å². The monoisotopic (exact) mass is 470 g/mol. The standard InChI is InChI=1S/C27H21FN3O4/c1-34-19-10-11-22-20(16-19)24(12-15-29-22)35-18-8-6-17(7-9-18)30-25(32)27(13-14-27)26(33)31-23-5-3-2-4-21(23)28/h2-9,11-12,15-16H,13-14H2,1H3,(H,30,32)(H,31,33). The van der Waals surface area contributed by atoms with Crippen molar-refractivity contribution in [1.29, 1.82) is 0 Å². The molecule has 1 heterocycles. The van der Waals surface area contributed by atoms with E-state index in [1.54, 1.807) is 61.8 Å². The Balaban J connectivity index is 1.27. The van der Waals surface area contributed by atoms with E-state index >= 15 is 0 Å². The fraction of sp³-hybridized carbons (Fsp3) is 0.148. The number of carbonyl (C=O) groups excluding carboxylic acids is 2. The Morgan fingerprint density at radius 2 is 1.77 bits per heavy atom. The van der Waals surface area contributed by atoms with E-state index < -0.39 is 23.0 Å². The summed E-state index contributed by atoms with van der Waals surface area (Å²) in [6, 6.07) is 20.9. The number of nitrogens with zero attached hydrogens (tertiary/aromatic N) is 1. The second-order valence-electron chi connectivity index (χ2n) is 8.21. The molecule has 0 spiro atoms. The largest absolute Gasteiger partial charge is 0.496 e. The molecule has 1 aliphatic rings. The van der Waals surface area contributed by atoms with Crippen molar-refractivity contribution >= 4 is 34.1 Å². The van der Waals surface area contributed by atoms with Crippen LogP contribution >= 0.6 is 0 Å². The number of carbonyl (C=O) groups is 2. The van der Waals surface area contributed by atoms with Crippen LogP contribution in [-0.4, -0.2) is 23.9 Å². The molecule has 1 fully saturated rings. The number of methoxy groups -OCH3 is 1. The Morgan fingerprint density at radius 3 is 2.49 bits per heavy atom. The van der Waals surface area contributed by atoms with Crippen molar-refractivity contribution in [3.63, 3.8) is 0 Å². The lowest BCUT2D eigenvalue weighted by Crippen LogP contribution is -2.35. The third-order valence-corrected chi connectivity index (χ3v) is 5.91. The summed E-state index contributed by atoms with van der Waals surface area (Å²) in [7, 11) is 1.57. The predicted molar refractivity (Wildman–Crippen MR) is 129 cm³/mol. The zero-order chi connectivity index (χ0) is 24.4. The van der Waals surface area contributed by atoms with Gasteiger partial charge in [0.1, 0.15) is 28.5 Å². The topological polar surface area (TPSA) is 89.6 Å². The van der Waals surface area contributed by atoms with E-state index in [0.29, 0.717) is 35.8 Å². The van der Waals surface area contributed by atoms with Gasteiger partial charge < -0.3 is 20.1 Å². The highest BCUT2D eigenvalue weighted by molar-refractivity contribution is 6.16. The maximum Gasteiger partial charge on any atom is 0.240 e. The number of benzene rings is 3. The molecule has 0 bridgehead atoms. The number of ether oxygens (including phenoxy) is 2. The SMILES string of the molecule is COc1[c]cc2nccc(Oc3ccc(NC(=O)C4(C(=O)Nc5ccccc5F)CC4)cc3)c2c1. The molecular formula is C27H21FN3O4. The predicted octanol–water partition coefficient (Wildman–Crippen LogP) is 5.33. The van der Waals surface area contributed by atoms with E-state index in [1.165, 1.54) is 18.2 Å². The lowest BCUT2D eigenvalue weighted by molar-refractivity contribution is -0.131. The van der Waals surface area contributed by atoms with Gasteiger partial charge in [-0.2, -0.15) is 0 Å². The summed E-state index contributed by atoms with van der Waals surface area (Å²) >= 11 is 0. The molecule has 0 unspecified atom stereocenters. The maximum atomic E-state index is 13.9. The summed E-state index contributed by atoms with van der Waals surface area (Å²) in [5.74, 6) is 0.231. The Bertz CT molecular complexity index is 1420. The van der Waals surface area contributed by atoms with Crippen molar-refractivity contribution in [2.24, 2.45) is 5.41 Å². The van der Waals surface area contributed by atoms with Crippen LogP contribution in [0.3, 0.4) is 0 Å². The van der Waals surface area contributed by atoms with Crippen molar-refractivity contribution in [1.82, 2.24) is 4.98 Å². The number of pyridine rings is 1. The van der Waals surface area contributed by atoms with Crippen LogP contribution in [0.2, 0.25) is 0 Å². The average Bonchev–Trinajstić information content (AvgIpc) is 3.69. The van der Waals surface area contributed by atoms with Gasteiger partial charge in [-0.05, 0) is 67.4 Å². The zero-order valence-electron chi connectivity index (χ0n) is 18.8. The van der Waals surface area contributed by atoms with Crippen molar-refractivity contribution in [3.05, 3.63) is 84.8 Å². The molecule has 2 N–H and O–H groups in total. The number of amides is 2. The minimum absolute atomic E-state index is 0.0530. The van der Waals surface area contributed by atoms with E-state index in [-0.39, 0.29) is 5.69 Å². The fourth-order valence-corrected chi connectivity index (χ4v) is 3.72. The van der Waals surface area contributed by atoms with Crippen LogP contribution in [0, 0.1) is 17.3 Å². The number of fused-ring (bicyclic) bond motifs is 1. The molecule has 1 aromatic heterocycles. The first-order chi connectivity index (χ1) is 17.0. The van der Waals surface area contributed by atoms with Gasteiger partial charge in [0.05, 0.1) is 18.3 Å². The quantitative estimate of drug-likeness (QED) is 0.356. The molecule has 1 radical (unpaired) electrons.